The summed E-state index contributed by atoms with van der Waals surface area (Å²) in [6, 6.07) is 10.1. The van der Waals surface area contributed by atoms with Gasteiger partial charge in [-0.25, -0.2) is 4.98 Å². The van der Waals surface area contributed by atoms with Crippen molar-refractivity contribution in [2.24, 2.45) is 4.99 Å². The van der Waals surface area contributed by atoms with E-state index in [2.05, 4.69) is 15.3 Å². The summed E-state index contributed by atoms with van der Waals surface area (Å²) in [5, 5.41) is 14.1. The predicted molar refractivity (Wildman–Crippen MR) is 85.7 cm³/mol. The predicted octanol–water partition coefficient (Wildman–Crippen LogP) is 2.31. The van der Waals surface area contributed by atoms with Crippen molar-refractivity contribution >= 4 is 11.5 Å². The van der Waals surface area contributed by atoms with Gasteiger partial charge in [-0.15, -0.1) is 0 Å². The van der Waals surface area contributed by atoms with Gasteiger partial charge >= 0.3 is 0 Å². The Kier molecular flexibility index (Phi) is 4.46. The van der Waals surface area contributed by atoms with Crippen LogP contribution in [0.4, 0.5) is 5.69 Å². The lowest BCUT2D eigenvalue weighted by Crippen LogP contribution is -2.30. The second kappa shape index (κ2) is 6.87. The van der Waals surface area contributed by atoms with E-state index in [1.807, 2.05) is 12.1 Å². The zero-order chi connectivity index (χ0) is 16.1. The molecule has 7 nitrogen and oxygen atoms in total. The summed E-state index contributed by atoms with van der Waals surface area (Å²) >= 11 is 0. The minimum atomic E-state index is -0.420. The number of pyridine rings is 1. The molecule has 0 saturated carbocycles. The van der Waals surface area contributed by atoms with Crippen molar-refractivity contribution in [1.29, 1.82) is 0 Å². The molecule has 23 heavy (non-hydrogen) atoms. The van der Waals surface area contributed by atoms with Gasteiger partial charge in [0, 0.05) is 31.4 Å². The quantitative estimate of drug-likeness (QED) is 0.676. The van der Waals surface area contributed by atoms with Gasteiger partial charge in [0.05, 0.1) is 10.5 Å². The van der Waals surface area contributed by atoms with Crippen molar-refractivity contribution in [3.63, 3.8) is 0 Å². The lowest BCUT2D eigenvalue weighted by molar-refractivity contribution is -0.384. The Balaban J connectivity index is 1.77. The first-order chi connectivity index (χ1) is 11.2. The second-order valence-corrected chi connectivity index (χ2v) is 5.08. The van der Waals surface area contributed by atoms with E-state index in [4.69, 9.17) is 4.74 Å². The highest BCUT2D eigenvalue weighted by Crippen LogP contribution is 2.19. The molecule has 1 aromatic carbocycles. The number of nitrogens with one attached hydrogen (secondary N) is 1. The zero-order valence-corrected chi connectivity index (χ0v) is 12.4. The van der Waals surface area contributed by atoms with Crippen LogP contribution < -0.4 is 10.1 Å². The molecule has 3 rings (SSSR count). The van der Waals surface area contributed by atoms with Crippen LogP contribution in [-0.4, -0.2) is 28.8 Å². The maximum Gasteiger partial charge on any atom is 0.269 e. The van der Waals surface area contributed by atoms with Gasteiger partial charge in [-0.2, -0.15) is 0 Å². The first kappa shape index (κ1) is 15.0. The van der Waals surface area contributed by atoms with Crippen LogP contribution in [0.3, 0.4) is 0 Å². The summed E-state index contributed by atoms with van der Waals surface area (Å²) in [6.45, 7) is 1.86. The summed E-state index contributed by atoms with van der Waals surface area (Å²) in [7, 11) is 0. The molecule has 1 aliphatic rings. The number of amidine groups is 1. The normalized spacial score (nSPS) is 13.8. The van der Waals surface area contributed by atoms with E-state index in [-0.39, 0.29) is 12.3 Å². The Morgan fingerprint density at radius 1 is 1.30 bits per heavy atom. The molecule has 7 heteroatoms. The molecule has 0 amide bonds. The van der Waals surface area contributed by atoms with E-state index in [0.717, 1.165) is 30.9 Å². The molecule has 0 aliphatic carbocycles. The number of rotatable bonds is 5. The second-order valence-electron chi connectivity index (χ2n) is 5.08. The monoisotopic (exact) mass is 312 g/mol. The fourth-order valence-corrected chi connectivity index (χ4v) is 2.31. The minimum Gasteiger partial charge on any atom is -0.472 e. The third-order valence-corrected chi connectivity index (χ3v) is 3.42. The van der Waals surface area contributed by atoms with E-state index in [9.17, 15) is 10.1 Å². The van der Waals surface area contributed by atoms with Crippen molar-refractivity contribution in [2.75, 3.05) is 13.1 Å². The standard InChI is InChI=1S/C16H16N4O3/c21-20(22)13-5-1-4-12(10-13)11-23-16-14(6-2-7-19-16)15-17-8-3-9-18-15/h1-2,4-7,10H,3,8-9,11H2,(H,17,18). The van der Waals surface area contributed by atoms with Crippen LogP contribution in [0.1, 0.15) is 17.5 Å². The van der Waals surface area contributed by atoms with Gasteiger partial charge in [0.25, 0.3) is 5.69 Å². The first-order valence-corrected chi connectivity index (χ1v) is 7.34. The molecule has 1 N–H and O–H groups in total. The van der Waals surface area contributed by atoms with Gasteiger partial charge < -0.3 is 10.1 Å². The summed E-state index contributed by atoms with van der Waals surface area (Å²) in [5.74, 6) is 1.24. The molecule has 2 aromatic rings. The van der Waals surface area contributed by atoms with Crippen LogP contribution >= 0.6 is 0 Å². The van der Waals surface area contributed by atoms with Crippen LogP contribution in [0.2, 0.25) is 0 Å². The molecule has 1 aliphatic heterocycles. The highest BCUT2D eigenvalue weighted by molar-refractivity contribution is 6.00. The molecule has 0 bridgehead atoms. The van der Waals surface area contributed by atoms with Crippen molar-refractivity contribution in [3.8, 4) is 5.88 Å². The van der Waals surface area contributed by atoms with Crippen LogP contribution in [0, 0.1) is 10.1 Å². The number of hydrogen-bond acceptors (Lipinski definition) is 6. The summed E-state index contributed by atoms with van der Waals surface area (Å²) in [5.41, 5.74) is 1.57. The minimum absolute atomic E-state index is 0.0469. The van der Waals surface area contributed by atoms with E-state index < -0.39 is 4.92 Å². The fraction of sp³-hybridized carbons (Fsp3) is 0.250. The number of nitro benzene ring substituents is 1. The van der Waals surface area contributed by atoms with Gasteiger partial charge in [-0.1, -0.05) is 12.1 Å². The van der Waals surface area contributed by atoms with Crippen molar-refractivity contribution < 1.29 is 9.66 Å². The summed E-state index contributed by atoms with van der Waals surface area (Å²) < 4.78 is 5.76. The Hall–Kier alpha value is -2.96. The number of benzene rings is 1. The number of ether oxygens (including phenoxy) is 1. The van der Waals surface area contributed by atoms with E-state index in [1.54, 1.807) is 18.3 Å². The fourth-order valence-electron chi connectivity index (χ4n) is 2.31. The highest BCUT2D eigenvalue weighted by Gasteiger charge is 2.14. The van der Waals surface area contributed by atoms with Gasteiger partial charge in [-0.05, 0) is 24.1 Å². The van der Waals surface area contributed by atoms with Crippen molar-refractivity contribution in [3.05, 3.63) is 63.8 Å². The van der Waals surface area contributed by atoms with Crippen LogP contribution in [-0.2, 0) is 6.61 Å². The Labute approximate surface area is 133 Å². The summed E-state index contributed by atoms with van der Waals surface area (Å²) in [4.78, 5) is 19.1. The first-order valence-electron chi connectivity index (χ1n) is 7.34. The maximum absolute atomic E-state index is 10.8. The molecule has 0 saturated heterocycles. The molecule has 0 radical (unpaired) electrons. The lowest BCUT2D eigenvalue weighted by Gasteiger charge is -2.17. The van der Waals surface area contributed by atoms with Gasteiger partial charge in [0.15, 0.2) is 0 Å². The third kappa shape index (κ3) is 3.63. The van der Waals surface area contributed by atoms with E-state index in [1.165, 1.54) is 12.1 Å². The largest absolute Gasteiger partial charge is 0.472 e. The maximum atomic E-state index is 10.8. The van der Waals surface area contributed by atoms with Crippen LogP contribution in [0.15, 0.2) is 47.6 Å². The molecule has 0 atom stereocenters. The number of nitro groups is 1. The van der Waals surface area contributed by atoms with Crippen LogP contribution in [0.5, 0.6) is 5.88 Å². The SMILES string of the molecule is O=[N+]([O-])c1cccc(COc2ncccc2C2=NCCCN2)c1. The zero-order valence-electron chi connectivity index (χ0n) is 12.4. The topological polar surface area (TPSA) is 89.7 Å². The number of aliphatic imine (C=N–C) groups is 1. The van der Waals surface area contributed by atoms with Gasteiger partial charge in [0.1, 0.15) is 12.4 Å². The van der Waals surface area contributed by atoms with E-state index in [0.29, 0.717) is 11.4 Å². The third-order valence-electron chi connectivity index (χ3n) is 3.42. The van der Waals surface area contributed by atoms with Crippen molar-refractivity contribution in [2.45, 2.75) is 13.0 Å². The molecule has 2 heterocycles. The summed E-state index contributed by atoms with van der Waals surface area (Å²) in [6.07, 6.45) is 2.66. The number of aromatic nitrogens is 1. The molecule has 0 fully saturated rings. The Bertz CT molecular complexity index is 746. The van der Waals surface area contributed by atoms with Crippen molar-refractivity contribution in [1.82, 2.24) is 10.3 Å². The molecule has 0 spiro atoms. The molecule has 1 aromatic heterocycles. The molecule has 118 valence electrons. The Morgan fingerprint density at radius 3 is 3.00 bits per heavy atom. The van der Waals surface area contributed by atoms with Gasteiger partial charge in [0.2, 0.25) is 5.88 Å². The van der Waals surface area contributed by atoms with E-state index >= 15 is 0 Å². The average molecular weight is 312 g/mol. The van der Waals surface area contributed by atoms with Crippen LogP contribution in [0.25, 0.3) is 0 Å². The molecule has 0 unspecified atom stereocenters. The number of nitrogens with zero attached hydrogens (tertiary/aromatic N) is 3. The van der Waals surface area contributed by atoms with Gasteiger partial charge in [-0.3, -0.25) is 15.1 Å². The number of non-ortho nitro benzene ring substituents is 1. The molecular formula is C16H16N4O3. The smallest absolute Gasteiger partial charge is 0.269 e. The number of hydrogen-bond donors (Lipinski definition) is 1. The lowest BCUT2D eigenvalue weighted by atomic mass is 10.2. The average Bonchev–Trinajstić information content (AvgIpc) is 2.61. The highest BCUT2D eigenvalue weighted by atomic mass is 16.6. The molecular weight excluding hydrogens is 296 g/mol. The Morgan fingerprint density at radius 2 is 2.22 bits per heavy atom.